The molecule has 1 atom stereocenters. The summed E-state index contributed by atoms with van der Waals surface area (Å²) in [6, 6.07) is 5.64. The maximum Gasteiger partial charge on any atom is 0.573 e. The van der Waals surface area contributed by atoms with Gasteiger partial charge in [0.05, 0.1) is 17.2 Å². The van der Waals surface area contributed by atoms with Crippen molar-refractivity contribution in [2.45, 2.75) is 19.3 Å². The van der Waals surface area contributed by atoms with E-state index in [-0.39, 0.29) is 11.8 Å². The van der Waals surface area contributed by atoms with Gasteiger partial charge in [-0.05, 0) is 19.1 Å². The lowest BCUT2D eigenvalue weighted by Gasteiger charge is -2.14. The van der Waals surface area contributed by atoms with Crippen LogP contribution in [0.1, 0.15) is 18.7 Å². The average molecular weight is 288 g/mol. The van der Waals surface area contributed by atoms with Crippen molar-refractivity contribution in [3.8, 4) is 5.75 Å². The van der Waals surface area contributed by atoms with E-state index in [1.54, 1.807) is 11.6 Å². The molecule has 0 saturated carbocycles. The molecular weight excluding hydrogens is 277 g/mol. The second kappa shape index (κ2) is 5.48. The molecule has 1 aromatic heterocycles. The zero-order chi connectivity index (χ0) is 13.9. The summed E-state index contributed by atoms with van der Waals surface area (Å²) in [4.78, 5) is 4.14. The van der Waals surface area contributed by atoms with E-state index in [1.165, 1.54) is 29.5 Å². The Morgan fingerprint density at radius 2 is 2.16 bits per heavy atom. The summed E-state index contributed by atoms with van der Waals surface area (Å²) >= 11 is 1.46. The topological polar surface area (TPSA) is 34.1 Å². The van der Waals surface area contributed by atoms with Crippen molar-refractivity contribution in [1.82, 2.24) is 4.98 Å². The zero-order valence-corrected chi connectivity index (χ0v) is 10.8. The number of thiazole rings is 1. The fraction of sp³-hybridized carbons (Fsp3) is 0.250. The lowest BCUT2D eigenvalue weighted by molar-refractivity contribution is -0.274. The first kappa shape index (κ1) is 13.7. The normalized spacial score (nSPS) is 13.1. The van der Waals surface area contributed by atoms with Crippen LogP contribution in [0.25, 0.3) is 0 Å². The first-order valence-corrected chi connectivity index (χ1v) is 6.39. The number of rotatable bonds is 4. The van der Waals surface area contributed by atoms with Gasteiger partial charge < -0.3 is 10.1 Å². The maximum atomic E-state index is 12.1. The molecule has 19 heavy (non-hydrogen) atoms. The van der Waals surface area contributed by atoms with Gasteiger partial charge in [-0.15, -0.1) is 24.5 Å². The van der Waals surface area contributed by atoms with Crippen molar-refractivity contribution < 1.29 is 17.9 Å². The van der Waals surface area contributed by atoms with Crippen LogP contribution in [-0.4, -0.2) is 11.3 Å². The Labute approximate surface area is 112 Å². The number of halogens is 3. The summed E-state index contributed by atoms with van der Waals surface area (Å²) < 4.78 is 40.2. The third kappa shape index (κ3) is 4.13. The van der Waals surface area contributed by atoms with Crippen molar-refractivity contribution >= 4 is 17.0 Å². The first-order chi connectivity index (χ1) is 8.94. The van der Waals surface area contributed by atoms with Crippen LogP contribution in [0.4, 0.5) is 18.9 Å². The molecule has 0 amide bonds. The van der Waals surface area contributed by atoms with E-state index in [9.17, 15) is 13.2 Å². The van der Waals surface area contributed by atoms with Gasteiger partial charge in [0.1, 0.15) is 5.75 Å². The maximum absolute atomic E-state index is 12.1. The Morgan fingerprint density at radius 1 is 1.37 bits per heavy atom. The molecule has 1 aromatic carbocycles. The van der Waals surface area contributed by atoms with Crippen LogP contribution in [0.5, 0.6) is 5.75 Å². The summed E-state index contributed by atoms with van der Waals surface area (Å²) in [7, 11) is 0. The molecule has 0 aliphatic heterocycles. The molecule has 1 unspecified atom stereocenters. The summed E-state index contributed by atoms with van der Waals surface area (Å²) in [5, 5.41) is 4.95. The Kier molecular flexibility index (Phi) is 3.94. The van der Waals surface area contributed by atoms with Crippen LogP contribution in [0, 0.1) is 0 Å². The minimum atomic E-state index is -4.68. The lowest BCUT2D eigenvalue weighted by Crippen LogP contribution is -2.17. The molecule has 3 nitrogen and oxygen atoms in total. The molecular formula is C12H11F3N2OS. The Balaban J connectivity index is 2.07. The number of hydrogen-bond donors (Lipinski definition) is 1. The van der Waals surface area contributed by atoms with E-state index in [0.717, 1.165) is 5.69 Å². The largest absolute Gasteiger partial charge is 0.573 e. The van der Waals surface area contributed by atoms with Gasteiger partial charge >= 0.3 is 6.36 Å². The molecule has 0 radical (unpaired) electrons. The molecule has 1 heterocycles. The number of aromatic nitrogens is 1. The molecule has 1 N–H and O–H groups in total. The molecule has 7 heteroatoms. The molecule has 0 fully saturated rings. The predicted octanol–water partition coefficient (Wildman–Crippen LogP) is 4.21. The minimum Gasteiger partial charge on any atom is -0.406 e. The Morgan fingerprint density at radius 3 is 2.79 bits per heavy atom. The number of anilines is 1. The van der Waals surface area contributed by atoms with Crippen LogP contribution < -0.4 is 10.1 Å². The predicted molar refractivity (Wildman–Crippen MR) is 67.3 cm³/mol. The quantitative estimate of drug-likeness (QED) is 0.915. The van der Waals surface area contributed by atoms with Gasteiger partial charge in [-0.2, -0.15) is 0 Å². The summed E-state index contributed by atoms with van der Waals surface area (Å²) in [6.07, 6.45) is -4.68. The molecule has 0 aliphatic carbocycles. The van der Waals surface area contributed by atoms with Crippen LogP contribution in [-0.2, 0) is 0 Å². The molecule has 0 aliphatic rings. The molecule has 2 aromatic rings. The van der Waals surface area contributed by atoms with E-state index in [2.05, 4.69) is 15.0 Å². The minimum absolute atomic E-state index is 0.0904. The fourth-order valence-corrected chi connectivity index (χ4v) is 2.19. The van der Waals surface area contributed by atoms with Gasteiger partial charge in [0.15, 0.2) is 0 Å². The van der Waals surface area contributed by atoms with Gasteiger partial charge in [0.2, 0.25) is 0 Å². The van der Waals surface area contributed by atoms with Gasteiger partial charge in [0.25, 0.3) is 0 Å². The number of nitrogens with zero attached hydrogens (tertiary/aromatic N) is 1. The highest BCUT2D eigenvalue weighted by atomic mass is 32.1. The summed E-state index contributed by atoms with van der Waals surface area (Å²) in [5.41, 5.74) is 3.09. The molecule has 102 valence electrons. The molecule has 0 bridgehead atoms. The highest BCUT2D eigenvalue weighted by Crippen LogP contribution is 2.26. The number of benzene rings is 1. The Bertz CT molecular complexity index is 528. The first-order valence-electron chi connectivity index (χ1n) is 5.44. The summed E-state index contributed by atoms with van der Waals surface area (Å²) in [5.74, 6) is -0.247. The number of nitrogens with one attached hydrogen (secondary N) is 1. The van der Waals surface area contributed by atoms with E-state index >= 15 is 0 Å². The number of hydrogen-bond acceptors (Lipinski definition) is 4. The highest BCUT2D eigenvalue weighted by Gasteiger charge is 2.31. The van der Waals surface area contributed by atoms with Crippen LogP contribution in [0.2, 0.25) is 0 Å². The van der Waals surface area contributed by atoms with E-state index in [0.29, 0.717) is 5.69 Å². The van der Waals surface area contributed by atoms with Crippen LogP contribution >= 0.6 is 11.3 Å². The highest BCUT2D eigenvalue weighted by molar-refractivity contribution is 7.07. The van der Waals surface area contributed by atoms with Crippen LogP contribution in [0.3, 0.4) is 0 Å². The average Bonchev–Trinajstić information content (AvgIpc) is 2.80. The van der Waals surface area contributed by atoms with Gasteiger partial charge in [-0.1, -0.05) is 6.07 Å². The monoisotopic (exact) mass is 288 g/mol. The molecule has 2 rings (SSSR count). The third-order valence-corrected chi connectivity index (χ3v) is 2.95. The zero-order valence-electron chi connectivity index (χ0n) is 9.94. The third-order valence-electron chi connectivity index (χ3n) is 2.35. The van der Waals surface area contributed by atoms with Crippen molar-refractivity contribution in [3.05, 3.63) is 40.8 Å². The van der Waals surface area contributed by atoms with Crippen molar-refractivity contribution in [1.29, 1.82) is 0 Å². The number of alkyl halides is 3. The van der Waals surface area contributed by atoms with Gasteiger partial charge in [-0.3, -0.25) is 0 Å². The second-order valence-corrected chi connectivity index (χ2v) is 4.57. The lowest BCUT2D eigenvalue weighted by atomic mass is 10.2. The second-order valence-electron chi connectivity index (χ2n) is 3.85. The molecule has 0 saturated heterocycles. The van der Waals surface area contributed by atoms with Gasteiger partial charge in [0, 0.05) is 17.1 Å². The van der Waals surface area contributed by atoms with E-state index < -0.39 is 6.36 Å². The van der Waals surface area contributed by atoms with E-state index in [4.69, 9.17) is 0 Å². The Hall–Kier alpha value is -1.76. The van der Waals surface area contributed by atoms with Crippen molar-refractivity contribution in [2.24, 2.45) is 0 Å². The number of ether oxygens (including phenoxy) is 1. The SMILES string of the molecule is CC(Nc1cccc(OC(F)(F)F)c1)c1cscn1. The fourth-order valence-electron chi connectivity index (χ4n) is 1.54. The van der Waals surface area contributed by atoms with Crippen LogP contribution in [0.15, 0.2) is 35.2 Å². The molecule has 0 spiro atoms. The summed E-state index contributed by atoms with van der Waals surface area (Å²) in [6.45, 7) is 1.88. The van der Waals surface area contributed by atoms with Crippen molar-refractivity contribution in [3.63, 3.8) is 0 Å². The van der Waals surface area contributed by atoms with Gasteiger partial charge in [-0.25, -0.2) is 4.98 Å². The van der Waals surface area contributed by atoms with Crippen molar-refractivity contribution in [2.75, 3.05) is 5.32 Å². The standard InChI is InChI=1S/C12H11F3N2OS/c1-8(11-6-19-7-16-11)17-9-3-2-4-10(5-9)18-12(13,14)15/h2-8,17H,1H3. The van der Waals surface area contributed by atoms with E-state index in [1.807, 2.05) is 12.3 Å². The smallest absolute Gasteiger partial charge is 0.406 e.